The van der Waals surface area contributed by atoms with E-state index in [0.29, 0.717) is 12.8 Å². The molecule has 1 rings (SSSR count). The van der Waals surface area contributed by atoms with Gasteiger partial charge in [-0.3, -0.25) is 9.59 Å². The van der Waals surface area contributed by atoms with Gasteiger partial charge in [-0.05, 0) is 64.5 Å². The summed E-state index contributed by atoms with van der Waals surface area (Å²) in [5.41, 5.74) is 0. The van der Waals surface area contributed by atoms with E-state index in [1.54, 1.807) is 0 Å². The maximum Gasteiger partial charge on any atom is 0.219 e. The molecule has 6 nitrogen and oxygen atoms in total. The standard InChI is InChI=1S/C31H56N4O2/c1-3-5-6-7-8-9-10-11-12-13-14-15-16-17-18-21-31(37)33-23-20-25-35-28-26-34(27-29-35)24-19-22-32-30(36)4-2/h5-6,8-9,11-12H,3-4,7,10,13-29H2,1-2H3,(H,32,36)(H,33,37). The molecule has 1 saturated heterocycles. The molecule has 0 radical (unpaired) electrons. The molecule has 2 N–H and O–H groups in total. The van der Waals surface area contributed by atoms with Gasteiger partial charge in [0.1, 0.15) is 0 Å². The molecule has 37 heavy (non-hydrogen) atoms. The summed E-state index contributed by atoms with van der Waals surface area (Å²) in [4.78, 5) is 28.3. The lowest BCUT2D eigenvalue weighted by Gasteiger charge is -2.34. The molecule has 0 aliphatic carbocycles. The van der Waals surface area contributed by atoms with Crippen LogP contribution in [0.3, 0.4) is 0 Å². The van der Waals surface area contributed by atoms with Gasteiger partial charge in [-0.15, -0.1) is 0 Å². The van der Waals surface area contributed by atoms with Crippen LogP contribution in [0.4, 0.5) is 0 Å². The summed E-state index contributed by atoms with van der Waals surface area (Å²) in [7, 11) is 0. The van der Waals surface area contributed by atoms with Crippen LogP contribution in [0.15, 0.2) is 36.5 Å². The van der Waals surface area contributed by atoms with Crippen molar-refractivity contribution in [3.63, 3.8) is 0 Å². The molecule has 6 heteroatoms. The molecule has 212 valence electrons. The summed E-state index contributed by atoms with van der Waals surface area (Å²) in [5.74, 6) is 0.350. The number of nitrogens with zero attached hydrogens (tertiary/aromatic N) is 2. The number of allylic oxidation sites excluding steroid dienone is 6. The minimum absolute atomic E-state index is 0.140. The zero-order valence-electron chi connectivity index (χ0n) is 24.0. The molecular weight excluding hydrogens is 460 g/mol. The van der Waals surface area contributed by atoms with Gasteiger partial charge in [-0.25, -0.2) is 0 Å². The van der Waals surface area contributed by atoms with Crippen LogP contribution >= 0.6 is 0 Å². The topological polar surface area (TPSA) is 64.7 Å². The lowest BCUT2D eigenvalue weighted by Crippen LogP contribution is -2.47. The van der Waals surface area contributed by atoms with Crippen LogP contribution in [-0.4, -0.2) is 74.0 Å². The Labute approximate surface area is 228 Å². The third kappa shape index (κ3) is 20.8. The quantitative estimate of drug-likeness (QED) is 0.145. The fourth-order valence-corrected chi connectivity index (χ4v) is 4.42. The molecule has 1 aliphatic heterocycles. The van der Waals surface area contributed by atoms with E-state index < -0.39 is 0 Å². The SMILES string of the molecule is CCC=CCC=CCC=CCCCCCCCC(=O)NCCCN1CCN(CCCNC(=O)CC)CC1. The molecule has 0 aromatic carbocycles. The number of hydrogen-bond donors (Lipinski definition) is 2. The molecule has 0 unspecified atom stereocenters. The second-order valence-electron chi connectivity index (χ2n) is 10.0. The molecule has 0 aromatic heterocycles. The van der Waals surface area contributed by atoms with Crippen LogP contribution in [0, 0.1) is 0 Å². The van der Waals surface area contributed by atoms with Crippen molar-refractivity contribution >= 4 is 11.8 Å². The Bertz CT molecular complexity index is 652. The van der Waals surface area contributed by atoms with Crippen molar-refractivity contribution < 1.29 is 9.59 Å². The van der Waals surface area contributed by atoms with Crippen molar-refractivity contribution in [2.45, 2.75) is 97.3 Å². The summed E-state index contributed by atoms with van der Waals surface area (Å²) in [6, 6.07) is 0. The average molecular weight is 517 g/mol. The van der Waals surface area contributed by atoms with E-state index >= 15 is 0 Å². The van der Waals surface area contributed by atoms with E-state index in [1.165, 1.54) is 19.3 Å². The van der Waals surface area contributed by atoms with Crippen molar-refractivity contribution in [2.24, 2.45) is 0 Å². The Morgan fingerprint density at radius 1 is 0.622 bits per heavy atom. The number of carbonyl (C=O) groups is 2. The van der Waals surface area contributed by atoms with E-state index in [0.717, 1.165) is 104 Å². The Morgan fingerprint density at radius 2 is 1.14 bits per heavy atom. The predicted octanol–water partition coefficient (Wildman–Crippen LogP) is 5.62. The number of nitrogens with one attached hydrogen (secondary N) is 2. The fraction of sp³-hybridized carbons (Fsp3) is 0.742. The Balaban J connectivity index is 1.86. The minimum Gasteiger partial charge on any atom is -0.356 e. The predicted molar refractivity (Wildman–Crippen MR) is 158 cm³/mol. The van der Waals surface area contributed by atoms with Crippen molar-refractivity contribution in [3.05, 3.63) is 36.5 Å². The maximum absolute atomic E-state index is 12.1. The number of rotatable bonds is 22. The van der Waals surface area contributed by atoms with Gasteiger partial charge in [0.25, 0.3) is 0 Å². The van der Waals surface area contributed by atoms with Crippen molar-refractivity contribution in [2.75, 3.05) is 52.4 Å². The van der Waals surface area contributed by atoms with Crippen LogP contribution in [-0.2, 0) is 9.59 Å². The van der Waals surface area contributed by atoms with Gasteiger partial charge in [-0.1, -0.05) is 69.6 Å². The normalized spacial score (nSPS) is 15.3. The van der Waals surface area contributed by atoms with E-state index in [2.05, 4.69) is 63.8 Å². The molecule has 0 spiro atoms. The molecule has 1 fully saturated rings. The van der Waals surface area contributed by atoms with E-state index in [9.17, 15) is 9.59 Å². The van der Waals surface area contributed by atoms with Crippen molar-refractivity contribution in [3.8, 4) is 0 Å². The first-order chi connectivity index (χ1) is 18.2. The first kappa shape index (κ1) is 33.1. The Morgan fingerprint density at radius 3 is 1.73 bits per heavy atom. The summed E-state index contributed by atoms with van der Waals surface area (Å²) >= 11 is 0. The second kappa shape index (κ2) is 24.4. The number of unbranched alkanes of at least 4 members (excludes halogenated alkanes) is 5. The summed E-state index contributed by atoms with van der Waals surface area (Å²) < 4.78 is 0. The fourth-order valence-electron chi connectivity index (χ4n) is 4.42. The largest absolute Gasteiger partial charge is 0.356 e. The molecule has 1 heterocycles. The van der Waals surface area contributed by atoms with Crippen molar-refractivity contribution in [1.29, 1.82) is 0 Å². The molecule has 1 aliphatic rings. The van der Waals surface area contributed by atoms with Crippen LogP contribution in [0.2, 0.25) is 0 Å². The van der Waals surface area contributed by atoms with Gasteiger partial charge in [0, 0.05) is 52.1 Å². The number of amides is 2. The van der Waals surface area contributed by atoms with Gasteiger partial charge in [0.2, 0.25) is 11.8 Å². The van der Waals surface area contributed by atoms with Crippen LogP contribution in [0.1, 0.15) is 97.3 Å². The monoisotopic (exact) mass is 516 g/mol. The number of piperazine rings is 1. The maximum atomic E-state index is 12.1. The molecule has 2 amide bonds. The highest BCUT2D eigenvalue weighted by molar-refractivity contribution is 5.75. The van der Waals surface area contributed by atoms with Gasteiger partial charge in [0.05, 0.1) is 0 Å². The zero-order valence-corrected chi connectivity index (χ0v) is 24.0. The molecule has 0 bridgehead atoms. The van der Waals surface area contributed by atoms with E-state index in [1.807, 2.05) is 6.92 Å². The highest BCUT2D eigenvalue weighted by atomic mass is 16.2. The first-order valence-corrected chi connectivity index (χ1v) is 15.1. The molecule has 0 saturated carbocycles. The van der Waals surface area contributed by atoms with E-state index in [-0.39, 0.29) is 11.8 Å². The number of hydrogen-bond acceptors (Lipinski definition) is 4. The summed E-state index contributed by atoms with van der Waals surface area (Å²) in [5, 5.41) is 6.05. The van der Waals surface area contributed by atoms with Gasteiger partial charge in [0.15, 0.2) is 0 Å². The Hall–Kier alpha value is -1.92. The molecule has 0 aromatic rings. The van der Waals surface area contributed by atoms with Gasteiger partial charge < -0.3 is 20.4 Å². The van der Waals surface area contributed by atoms with Crippen LogP contribution < -0.4 is 10.6 Å². The second-order valence-corrected chi connectivity index (χ2v) is 10.0. The zero-order chi connectivity index (χ0) is 26.8. The lowest BCUT2D eigenvalue weighted by molar-refractivity contribution is -0.121. The van der Waals surface area contributed by atoms with Crippen LogP contribution in [0.25, 0.3) is 0 Å². The van der Waals surface area contributed by atoms with Crippen LogP contribution in [0.5, 0.6) is 0 Å². The molecule has 0 atom stereocenters. The first-order valence-electron chi connectivity index (χ1n) is 15.1. The summed E-state index contributed by atoms with van der Waals surface area (Å²) in [6.07, 6.45) is 27.0. The van der Waals surface area contributed by atoms with E-state index in [4.69, 9.17) is 0 Å². The summed E-state index contributed by atoms with van der Waals surface area (Å²) in [6.45, 7) is 12.1. The van der Waals surface area contributed by atoms with Gasteiger partial charge >= 0.3 is 0 Å². The minimum atomic E-state index is 0.140. The average Bonchev–Trinajstić information content (AvgIpc) is 2.91. The third-order valence-electron chi connectivity index (χ3n) is 6.79. The molecular formula is C31H56N4O2. The number of carbonyl (C=O) groups excluding carboxylic acids is 2. The third-order valence-corrected chi connectivity index (χ3v) is 6.79. The lowest BCUT2D eigenvalue weighted by atomic mass is 10.1. The van der Waals surface area contributed by atoms with Gasteiger partial charge in [-0.2, -0.15) is 0 Å². The van der Waals surface area contributed by atoms with Crippen molar-refractivity contribution in [1.82, 2.24) is 20.4 Å². The highest BCUT2D eigenvalue weighted by Crippen LogP contribution is 2.08. The smallest absolute Gasteiger partial charge is 0.219 e. The Kier molecular flexibility index (Phi) is 21.9. The highest BCUT2D eigenvalue weighted by Gasteiger charge is 2.16.